The number of hydrogen-bond acceptors (Lipinski definition) is 5. The number of anilines is 1. The highest BCUT2D eigenvalue weighted by Gasteiger charge is 2.08. The van der Waals surface area contributed by atoms with Gasteiger partial charge >= 0.3 is 5.97 Å². The zero-order chi connectivity index (χ0) is 15.7. The van der Waals surface area contributed by atoms with Gasteiger partial charge in [0, 0.05) is 24.9 Å². The molecule has 0 fully saturated rings. The lowest BCUT2D eigenvalue weighted by atomic mass is 10.2. The summed E-state index contributed by atoms with van der Waals surface area (Å²) in [6, 6.07) is 7.12. The topological polar surface area (TPSA) is 115 Å². The zero-order valence-electron chi connectivity index (χ0n) is 11.6. The normalized spacial score (nSPS) is 10.6. The molecule has 0 saturated heterocycles. The maximum absolute atomic E-state index is 11.7. The molecule has 0 spiro atoms. The predicted molar refractivity (Wildman–Crippen MR) is 76.2 cm³/mol. The summed E-state index contributed by atoms with van der Waals surface area (Å²) < 4.78 is 0. The molecule has 0 aliphatic carbocycles. The van der Waals surface area contributed by atoms with Gasteiger partial charge in [-0.15, -0.1) is 0 Å². The Morgan fingerprint density at radius 3 is 2.86 bits per heavy atom. The Morgan fingerprint density at radius 1 is 1.48 bits per heavy atom. The molecule has 1 aromatic rings. The lowest BCUT2D eigenvalue weighted by Gasteiger charge is -2.04. The van der Waals surface area contributed by atoms with Gasteiger partial charge in [0.25, 0.3) is 5.91 Å². The minimum absolute atomic E-state index is 0.0304. The van der Waals surface area contributed by atoms with E-state index in [0.717, 1.165) is 5.69 Å². The fraction of sp³-hybridized carbons (Fsp3) is 0.286. The van der Waals surface area contributed by atoms with Gasteiger partial charge in [0.1, 0.15) is 17.5 Å². The maximum Gasteiger partial charge on any atom is 0.303 e. The van der Waals surface area contributed by atoms with Crippen LogP contribution in [0.3, 0.4) is 0 Å². The molecule has 3 N–H and O–H groups in total. The first kappa shape index (κ1) is 16.2. The number of rotatable bonds is 7. The first-order valence-electron chi connectivity index (χ1n) is 6.33. The number of pyridine rings is 1. The van der Waals surface area contributed by atoms with Gasteiger partial charge in [0.15, 0.2) is 0 Å². The molecule has 0 bridgehead atoms. The molecular formula is C14H16N4O3. The molecule has 0 saturated carbocycles. The summed E-state index contributed by atoms with van der Waals surface area (Å²) in [5, 5.41) is 22.7. The van der Waals surface area contributed by atoms with Gasteiger partial charge in [-0.3, -0.25) is 9.59 Å². The van der Waals surface area contributed by atoms with Crippen molar-refractivity contribution >= 4 is 17.7 Å². The van der Waals surface area contributed by atoms with Crippen LogP contribution in [0.5, 0.6) is 0 Å². The van der Waals surface area contributed by atoms with Crippen molar-refractivity contribution in [2.75, 3.05) is 11.9 Å². The largest absolute Gasteiger partial charge is 0.481 e. The Kier molecular flexibility index (Phi) is 6.41. The van der Waals surface area contributed by atoms with Gasteiger partial charge in [0.2, 0.25) is 0 Å². The van der Waals surface area contributed by atoms with Crippen molar-refractivity contribution in [1.29, 1.82) is 5.26 Å². The standard InChI is InChI=1S/C14H16N4O3/c1-10-4-2-5-12(18-10)17-9-11(8-15)14(21)16-7-3-6-13(19)20/h2,4-5,9H,3,6-7H2,1H3,(H,16,21)(H,17,18)(H,19,20)/b11-9-. The number of carboxylic acids is 1. The monoisotopic (exact) mass is 288 g/mol. The molecule has 1 aromatic heterocycles. The summed E-state index contributed by atoms with van der Waals surface area (Å²) in [6.07, 6.45) is 1.55. The smallest absolute Gasteiger partial charge is 0.303 e. The van der Waals surface area contributed by atoms with Crippen molar-refractivity contribution in [2.24, 2.45) is 0 Å². The fourth-order valence-corrected chi connectivity index (χ4v) is 1.45. The van der Waals surface area contributed by atoms with E-state index in [9.17, 15) is 9.59 Å². The van der Waals surface area contributed by atoms with Crippen LogP contribution in [0.2, 0.25) is 0 Å². The molecule has 7 nitrogen and oxygen atoms in total. The molecule has 0 radical (unpaired) electrons. The number of aryl methyl sites for hydroxylation is 1. The van der Waals surface area contributed by atoms with E-state index in [-0.39, 0.29) is 18.5 Å². The van der Waals surface area contributed by atoms with Crippen LogP contribution in [0.1, 0.15) is 18.5 Å². The van der Waals surface area contributed by atoms with E-state index in [4.69, 9.17) is 10.4 Å². The Hall–Kier alpha value is -2.88. The summed E-state index contributed by atoms with van der Waals surface area (Å²) >= 11 is 0. The molecule has 0 unspecified atom stereocenters. The molecule has 0 aliphatic heterocycles. The average molecular weight is 288 g/mol. The van der Waals surface area contributed by atoms with E-state index in [1.807, 2.05) is 13.0 Å². The number of carbonyl (C=O) groups excluding carboxylic acids is 1. The molecule has 1 amide bonds. The highest BCUT2D eigenvalue weighted by molar-refractivity contribution is 5.97. The zero-order valence-corrected chi connectivity index (χ0v) is 11.6. The van der Waals surface area contributed by atoms with Crippen LogP contribution < -0.4 is 10.6 Å². The molecular weight excluding hydrogens is 272 g/mol. The van der Waals surface area contributed by atoms with E-state index in [0.29, 0.717) is 12.2 Å². The minimum Gasteiger partial charge on any atom is -0.481 e. The van der Waals surface area contributed by atoms with Crippen molar-refractivity contribution in [1.82, 2.24) is 10.3 Å². The lowest BCUT2D eigenvalue weighted by Crippen LogP contribution is -2.26. The van der Waals surface area contributed by atoms with Crippen LogP contribution in [0.4, 0.5) is 5.82 Å². The van der Waals surface area contributed by atoms with Crippen LogP contribution in [-0.2, 0) is 9.59 Å². The third-order valence-corrected chi connectivity index (χ3v) is 2.47. The van der Waals surface area contributed by atoms with E-state index in [1.165, 1.54) is 6.20 Å². The Labute approximate surface area is 122 Å². The lowest BCUT2D eigenvalue weighted by molar-refractivity contribution is -0.137. The van der Waals surface area contributed by atoms with Crippen LogP contribution in [0, 0.1) is 18.3 Å². The Bertz CT molecular complexity index is 590. The van der Waals surface area contributed by atoms with Crippen molar-refractivity contribution in [3.63, 3.8) is 0 Å². The minimum atomic E-state index is -0.924. The van der Waals surface area contributed by atoms with Crippen molar-refractivity contribution < 1.29 is 14.7 Å². The highest BCUT2D eigenvalue weighted by Crippen LogP contribution is 2.04. The maximum atomic E-state index is 11.7. The molecule has 7 heteroatoms. The second kappa shape index (κ2) is 8.32. The number of hydrogen-bond donors (Lipinski definition) is 3. The van der Waals surface area contributed by atoms with Gasteiger partial charge in [0.05, 0.1) is 0 Å². The number of nitrogens with one attached hydrogen (secondary N) is 2. The van der Waals surface area contributed by atoms with Gasteiger partial charge < -0.3 is 15.7 Å². The number of aliphatic carboxylic acids is 1. The summed E-state index contributed by atoms with van der Waals surface area (Å²) in [4.78, 5) is 26.2. The number of nitriles is 1. The third kappa shape index (κ3) is 6.20. The second-order valence-corrected chi connectivity index (χ2v) is 4.23. The Balaban J connectivity index is 2.53. The SMILES string of the molecule is Cc1cccc(N/C=C(/C#N)C(=O)NCCCC(=O)O)n1. The molecule has 0 atom stereocenters. The van der Waals surface area contributed by atoms with Gasteiger partial charge in [-0.1, -0.05) is 6.07 Å². The van der Waals surface area contributed by atoms with Gasteiger partial charge in [-0.25, -0.2) is 4.98 Å². The third-order valence-electron chi connectivity index (χ3n) is 2.47. The molecule has 21 heavy (non-hydrogen) atoms. The first-order chi connectivity index (χ1) is 10.0. The number of nitrogens with zero attached hydrogens (tertiary/aromatic N) is 2. The molecule has 0 aromatic carbocycles. The summed E-state index contributed by atoms with van der Waals surface area (Å²) in [6.45, 7) is 2.03. The average Bonchev–Trinajstić information content (AvgIpc) is 2.44. The highest BCUT2D eigenvalue weighted by atomic mass is 16.4. The number of carbonyl (C=O) groups is 2. The van der Waals surface area contributed by atoms with Crippen LogP contribution in [-0.4, -0.2) is 28.5 Å². The molecule has 110 valence electrons. The van der Waals surface area contributed by atoms with Crippen molar-refractivity contribution in [3.8, 4) is 6.07 Å². The van der Waals surface area contributed by atoms with Crippen LogP contribution >= 0.6 is 0 Å². The predicted octanol–water partition coefficient (Wildman–Crippen LogP) is 1.19. The fourth-order valence-electron chi connectivity index (χ4n) is 1.45. The molecule has 1 heterocycles. The second-order valence-electron chi connectivity index (χ2n) is 4.23. The van der Waals surface area contributed by atoms with Crippen molar-refractivity contribution in [3.05, 3.63) is 35.7 Å². The quantitative estimate of drug-likeness (QED) is 0.394. The van der Waals surface area contributed by atoms with E-state index < -0.39 is 11.9 Å². The summed E-state index contributed by atoms with van der Waals surface area (Å²) in [5.41, 5.74) is 0.707. The number of carboxylic acid groups (broad SMARTS) is 1. The Morgan fingerprint density at radius 2 is 2.24 bits per heavy atom. The molecule has 1 rings (SSSR count). The number of aromatic nitrogens is 1. The van der Waals surface area contributed by atoms with Crippen molar-refractivity contribution in [2.45, 2.75) is 19.8 Å². The molecule has 0 aliphatic rings. The van der Waals surface area contributed by atoms with Crippen LogP contribution in [0.15, 0.2) is 30.0 Å². The van der Waals surface area contributed by atoms with E-state index in [1.54, 1.807) is 18.2 Å². The van der Waals surface area contributed by atoms with Crippen LogP contribution in [0.25, 0.3) is 0 Å². The van der Waals surface area contributed by atoms with Gasteiger partial charge in [-0.2, -0.15) is 5.26 Å². The summed E-state index contributed by atoms with van der Waals surface area (Å²) in [7, 11) is 0. The van der Waals surface area contributed by atoms with E-state index in [2.05, 4.69) is 15.6 Å². The summed E-state index contributed by atoms with van der Waals surface area (Å²) in [5.74, 6) is -0.947. The first-order valence-corrected chi connectivity index (χ1v) is 6.33. The number of amides is 1. The van der Waals surface area contributed by atoms with E-state index >= 15 is 0 Å². The van der Waals surface area contributed by atoms with Gasteiger partial charge in [-0.05, 0) is 25.5 Å².